The molecule has 0 aliphatic carbocycles. The van der Waals surface area contributed by atoms with E-state index in [1.807, 2.05) is 0 Å². The van der Waals surface area contributed by atoms with Crippen LogP contribution < -0.4 is 10.2 Å². The van der Waals surface area contributed by atoms with Gasteiger partial charge in [0.25, 0.3) is 5.69 Å². The Hall–Kier alpha value is -4.02. The SMILES string of the molecule is COc1cc(/C=N/NC(=O)Cc2ccccc2[N+](=O)[O-])cc([N+](=O)[O-])c1O. The van der Waals surface area contributed by atoms with Crippen molar-refractivity contribution >= 4 is 23.5 Å². The summed E-state index contributed by atoms with van der Waals surface area (Å²) in [4.78, 5) is 32.4. The van der Waals surface area contributed by atoms with Gasteiger partial charge in [-0.15, -0.1) is 0 Å². The first kappa shape index (κ1) is 19.3. The van der Waals surface area contributed by atoms with Gasteiger partial charge in [-0.3, -0.25) is 25.0 Å². The molecule has 0 unspecified atom stereocenters. The van der Waals surface area contributed by atoms with E-state index in [1.165, 1.54) is 31.4 Å². The van der Waals surface area contributed by atoms with E-state index < -0.39 is 27.2 Å². The molecule has 11 nitrogen and oxygen atoms in total. The highest BCUT2D eigenvalue weighted by molar-refractivity contribution is 5.85. The highest BCUT2D eigenvalue weighted by Gasteiger charge is 2.19. The fourth-order valence-electron chi connectivity index (χ4n) is 2.21. The van der Waals surface area contributed by atoms with E-state index in [0.29, 0.717) is 0 Å². The van der Waals surface area contributed by atoms with Crippen LogP contribution in [0.25, 0.3) is 0 Å². The van der Waals surface area contributed by atoms with Crippen molar-refractivity contribution in [2.24, 2.45) is 5.10 Å². The van der Waals surface area contributed by atoms with Crippen LogP contribution in [0.5, 0.6) is 11.5 Å². The summed E-state index contributed by atoms with van der Waals surface area (Å²) in [6.45, 7) is 0. The molecule has 0 heterocycles. The smallest absolute Gasteiger partial charge is 0.315 e. The van der Waals surface area contributed by atoms with Gasteiger partial charge in [0.2, 0.25) is 11.7 Å². The first-order valence-corrected chi connectivity index (χ1v) is 7.43. The number of phenolic OH excluding ortho intramolecular Hbond substituents is 1. The van der Waals surface area contributed by atoms with Gasteiger partial charge in [-0.05, 0) is 6.07 Å². The van der Waals surface area contributed by atoms with Crippen LogP contribution in [0.4, 0.5) is 11.4 Å². The van der Waals surface area contributed by atoms with E-state index in [-0.39, 0.29) is 29.0 Å². The van der Waals surface area contributed by atoms with Crippen LogP contribution in [0, 0.1) is 20.2 Å². The second kappa shape index (κ2) is 8.38. The van der Waals surface area contributed by atoms with Crippen LogP contribution in [0.2, 0.25) is 0 Å². The summed E-state index contributed by atoms with van der Waals surface area (Å²) >= 11 is 0. The zero-order chi connectivity index (χ0) is 20.0. The lowest BCUT2D eigenvalue weighted by molar-refractivity contribution is -0.386. The molecule has 0 spiro atoms. The van der Waals surface area contributed by atoms with E-state index in [0.717, 1.165) is 12.3 Å². The van der Waals surface area contributed by atoms with Crippen LogP contribution in [-0.4, -0.2) is 34.2 Å². The van der Waals surface area contributed by atoms with E-state index in [9.17, 15) is 30.1 Å². The Morgan fingerprint density at radius 3 is 2.52 bits per heavy atom. The van der Waals surface area contributed by atoms with Gasteiger partial charge in [0, 0.05) is 23.3 Å². The Bertz CT molecular complexity index is 927. The number of rotatable bonds is 7. The number of methoxy groups -OCH3 is 1. The van der Waals surface area contributed by atoms with Crippen LogP contribution >= 0.6 is 0 Å². The summed E-state index contributed by atoms with van der Waals surface area (Å²) in [5.74, 6) is -1.36. The van der Waals surface area contributed by atoms with E-state index >= 15 is 0 Å². The van der Waals surface area contributed by atoms with Crippen molar-refractivity contribution in [3.05, 3.63) is 67.8 Å². The maximum atomic E-state index is 11.9. The zero-order valence-electron chi connectivity index (χ0n) is 14.0. The third-order valence-corrected chi connectivity index (χ3v) is 3.44. The third kappa shape index (κ3) is 4.75. The molecular weight excluding hydrogens is 360 g/mol. The molecule has 27 heavy (non-hydrogen) atoms. The Morgan fingerprint density at radius 1 is 1.22 bits per heavy atom. The molecule has 0 bridgehead atoms. The number of hydrogen-bond acceptors (Lipinski definition) is 8. The average Bonchev–Trinajstić information content (AvgIpc) is 2.62. The van der Waals surface area contributed by atoms with E-state index in [2.05, 4.69) is 10.5 Å². The number of nitro benzene ring substituents is 2. The Morgan fingerprint density at radius 2 is 1.89 bits per heavy atom. The minimum atomic E-state index is -0.789. The number of phenols is 1. The maximum absolute atomic E-state index is 11.9. The van der Waals surface area contributed by atoms with E-state index in [1.54, 1.807) is 6.07 Å². The molecule has 1 amide bonds. The van der Waals surface area contributed by atoms with Crippen LogP contribution in [0.3, 0.4) is 0 Å². The van der Waals surface area contributed by atoms with Crippen LogP contribution in [-0.2, 0) is 11.2 Å². The minimum Gasteiger partial charge on any atom is -0.500 e. The van der Waals surface area contributed by atoms with Gasteiger partial charge in [0.05, 0.1) is 29.6 Å². The first-order chi connectivity index (χ1) is 12.8. The largest absolute Gasteiger partial charge is 0.500 e. The number of amides is 1. The average molecular weight is 374 g/mol. The van der Waals surface area contributed by atoms with Gasteiger partial charge in [0.1, 0.15) is 0 Å². The van der Waals surface area contributed by atoms with Gasteiger partial charge in [-0.1, -0.05) is 18.2 Å². The van der Waals surface area contributed by atoms with Crippen LogP contribution in [0.15, 0.2) is 41.5 Å². The predicted octanol–water partition coefficient (Wildman–Crippen LogP) is 1.91. The number of para-hydroxylation sites is 1. The highest BCUT2D eigenvalue weighted by atomic mass is 16.6. The van der Waals surface area contributed by atoms with Crippen molar-refractivity contribution in [1.29, 1.82) is 0 Å². The molecule has 0 saturated carbocycles. The van der Waals surface area contributed by atoms with Crippen molar-refractivity contribution in [3.8, 4) is 11.5 Å². The normalized spacial score (nSPS) is 10.6. The number of carbonyl (C=O) groups excluding carboxylic acids is 1. The zero-order valence-corrected chi connectivity index (χ0v) is 14.0. The van der Waals surface area contributed by atoms with Gasteiger partial charge in [0.15, 0.2) is 5.75 Å². The Kier molecular flexibility index (Phi) is 5.99. The first-order valence-electron chi connectivity index (χ1n) is 7.43. The third-order valence-electron chi connectivity index (χ3n) is 3.44. The molecule has 0 saturated heterocycles. The van der Waals surface area contributed by atoms with Gasteiger partial charge in [-0.2, -0.15) is 5.10 Å². The molecule has 2 N–H and O–H groups in total. The summed E-state index contributed by atoms with van der Waals surface area (Å²) in [5.41, 5.74) is 1.83. The number of benzene rings is 2. The highest BCUT2D eigenvalue weighted by Crippen LogP contribution is 2.36. The quantitative estimate of drug-likeness (QED) is 0.425. The molecular formula is C16H14N4O7. The number of aromatic hydroxyl groups is 1. The maximum Gasteiger partial charge on any atom is 0.315 e. The number of carbonyl (C=O) groups is 1. The number of ether oxygens (including phenoxy) is 1. The molecule has 0 aliphatic rings. The van der Waals surface area contributed by atoms with Crippen molar-refractivity contribution in [2.45, 2.75) is 6.42 Å². The van der Waals surface area contributed by atoms with E-state index in [4.69, 9.17) is 4.74 Å². The lowest BCUT2D eigenvalue weighted by atomic mass is 10.1. The molecule has 2 rings (SSSR count). The number of nitro groups is 2. The van der Waals surface area contributed by atoms with Gasteiger partial charge in [-0.25, -0.2) is 5.43 Å². The fourth-order valence-corrected chi connectivity index (χ4v) is 2.21. The van der Waals surface area contributed by atoms with Crippen molar-refractivity contribution in [1.82, 2.24) is 5.43 Å². The summed E-state index contributed by atoms with van der Waals surface area (Å²) in [5, 5.41) is 35.2. The topological polar surface area (TPSA) is 157 Å². The second-order valence-corrected chi connectivity index (χ2v) is 5.20. The van der Waals surface area contributed by atoms with Crippen LogP contribution in [0.1, 0.15) is 11.1 Å². The second-order valence-electron chi connectivity index (χ2n) is 5.20. The summed E-state index contributed by atoms with van der Waals surface area (Å²) in [6.07, 6.45) is 0.847. The van der Waals surface area contributed by atoms with Crippen molar-refractivity contribution in [3.63, 3.8) is 0 Å². The molecule has 11 heteroatoms. The molecule has 0 aromatic heterocycles. The molecule has 2 aromatic rings. The molecule has 0 aliphatic heterocycles. The summed E-state index contributed by atoms with van der Waals surface area (Å²) in [6, 6.07) is 8.14. The Balaban J connectivity index is 2.12. The monoisotopic (exact) mass is 374 g/mol. The summed E-state index contributed by atoms with van der Waals surface area (Å²) < 4.78 is 4.85. The lowest BCUT2D eigenvalue weighted by Crippen LogP contribution is -2.20. The van der Waals surface area contributed by atoms with Gasteiger partial charge < -0.3 is 9.84 Å². The Labute approximate surface area is 152 Å². The number of hydrogen-bond donors (Lipinski definition) is 2. The van der Waals surface area contributed by atoms with Crippen molar-refractivity contribution < 1.29 is 24.5 Å². The van der Waals surface area contributed by atoms with Gasteiger partial charge >= 0.3 is 5.69 Å². The fraction of sp³-hybridized carbons (Fsp3) is 0.125. The standard InChI is InChI=1S/C16H14N4O7/c1-27-14-7-10(6-13(16(14)22)20(25)26)9-17-18-15(21)8-11-4-2-3-5-12(11)19(23)24/h2-7,9,22H,8H2,1H3,(H,18,21)/b17-9+. The number of hydrazone groups is 1. The molecule has 2 aromatic carbocycles. The lowest BCUT2D eigenvalue weighted by Gasteiger charge is -2.05. The molecule has 140 valence electrons. The minimum absolute atomic E-state index is 0.128. The molecule has 0 atom stereocenters. The predicted molar refractivity (Wildman–Crippen MR) is 93.9 cm³/mol. The molecule has 0 radical (unpaired) electrons. The molecule has 0 fully saturated rings. The summed E-state index contributed by atoms with van der Waals surface area (Å²) in [7, 11) is 1.23. The number of nitrogens with one attached hydrogen (secondary N) is 1. The van der Waals surface area contributed by atoms with Crippen molar-refractivity contribution in [2.75, 3.05) is 7.11 Å². The number of nitrogens with zero attached hydrogens (tertiary/aromatic N) is 3.